The summed E-state index contributed by atoms with van der Waals surface area (Å²) >= 11 is 0. The highest BCUT2D eigenvalue weighted by molar-refractivity contribution is 5.86. The van der Waals surface area contributed by atoms with E-state index in [1.54, 1.807) is 0 Å². The molecule has 0 spiro atoms. The summed E-state index contributed by atoms with van der Waals surface area (Å²) < 4.78 is 5.14. The van der Waals surface area contributed by atoms with Gasteiger partial charge in [0.15, 0.2) is 0 Å². The zero-order chi connectivity index (χ0) is 69.2. The molecule has 0 unspecified atom stereocenters. The molecule has 2 atom stereocenters. The van der Waals surface area contributed by atoms with Gasteiger partial charge in [0.1, 0.15) is 11.5 Å². The predicted octanol–water partition coefficient (Wildman–Crippen LogP) is 23.1. The van der Waals surface area contributed by atoms with Crippen molar-refractivity contribution < 1.29 is 28.1 Å². The van der Waals surface area contributed by atoms with E-state index in [0.717, 1.165) is 73.6 Å². The van der Waals surface area contributed by atoms with E-state index in [1.807, 2.05) is 12.4 Å². The van der Waals surface area contributed by atoms with Gasteiger partial charge >= 0.3 is 0 Å². The Labute approximate surface area is 586 Å². The second-order valence-corrected chi connectivity index (χ2v) is 32.2. The standard InChI is InChI=1S/C86H160N6O2/c1-17-29-53-89(54-30-18-2,55-31-19-3)65-43-49-85(15,50-44-66-90(56-32-20-4,57-33-21-5)58-34-22-6)79-69-75(13)83(93)77(71-79)73-87-81-47-41-42-48-82(81)88-74-78-72-80(70-76(14)84(78)94)86(16,51-45-67-91(59-35-23-7,60-36-24-8)61-37-25-9)52-46-68-92(62-38-26-10,63-39-27-11)64-40-28-12/h69-74,81-82H,17-68H2,1-16H3/q+2/p+2/t81-,82-/m1/s1. The Balaban J connectivity index is 2.16. The first-order valence-electron chi connectivity index (χ1n) is 41.5. The maximum atomic E-state index is 12.1. The van der Waals surface area contributed by atoms with Crippen LogP contribution < -0.4 is 0 Å². The molecule has 0 amide bonds. The number of aromatic hydroxyl groups is 2. The van der Waals surface area contributed by atoms with Gasteiger partial charge in [0.2, 0.25) is 0 Å². The third kappa shape index (κ3) is 29.2. The molecule has 0 bridgehead atoms. The molecule has 2 aromatic rings. The summed E-state index contributed by atoms with van der Waals surface area (Å²) in [6.07, 6.45) is 48.8. The average Bonchev–Trinajstić information content (AvgIpc) is 0.831. The van der Waals surface area contributed by atoms with Gasteiger partial charge in [-0.05, 0) is 200 Å². The van der Waals surface area contributed by atoms with E-state index in [0.29, 0.717) is 11.5 Å². The number of hydrogen-bond acceptors (Lipinski definition) is 4. The highest BCUT2D eigenvalue weighted by Crippen LogP contribution is 2.41. The Kier molecular flexibility index (Phi) is 43.0. The normalized spacial score (nSPS) is 15.6. The first kappa shape index (κ1) is 85.4. The van der Waals surface area contributed by atoms with Crippen LogP contribution in [0.3, 0.4) is 0 Å². The van der Waals surface area contributed by atoms with Crippen LogP contribution in [-0.4, -0.2) is 157 Å². The zero-order valence-electron chi connectivity index (χ0n) is 66.0. The third-order valence-electron chi connectivity index (χ3n) is 23.8. The van der Waals surface area contributed by atoms with Crippen LogP contribution in [0.4, 0.5) is 0 Å². The van der Waals surface area contributed by atoms with Crippen molar-refractivity contribution in [3.63, 3.8) is 0 Å². The number of benzene rings is 2. The monoisotopic (exact) mass is 1310 g/mol. The van der Waals surface area contributed by atoms with Crippen molar-refractivity contribution in [2.45, 2.75) is 365 Å². The van der Waals surface area contributed by atoms with E-state index in [4.69, 9.17) is 9.98 Å². The molecule has 0 saturated heterocycles. The Bertz CT molecular complexity index is 2000. The minimum absolute atomic E-state index is 0.00924. The molecule has 1 aliphatic rings. The number of hydrogen-bond donors (Lipinski definition) is 2. The van der Waals surface area contributed by atoms with E-state index in [1.165, 1.54) is 314 Å². The van der Waals surface area contributed by atoms with Gasteiger partial charge in [0.05, 0.1) is 117 Å². The molecule has 8 nitrogen and oxygen atoms in total. The van der Waals surface area contributed by atoms with E-state index in [9.17, 15) is 10.2 Å². The van der Waals surface area contributed by atoms with Gasteiger partial charge in [-0.3, -0.25) is 9.98 Å². The van der Waals surface area contributed by atoms with Crippen molar-refractivity contribution in [3.05, 3.63) is 57.6 Å². The van der Waals surface area contributed by atoms with E-state index in [2.05, 4.69) is 135 Å². The zero-order valence-corrected chi connectivity index (χ0v) is 66.0. The number of quaternary nitrogens is 4. The van der Waals surface area contributed by atoms with Crippen LogP contribution in [0.15, 0.2) is 34.3 Å². The number of unbranched alkanes of at least 4 members (excludes halogenated alkanes) is 12. The molecule has 2 aromatic carbocycles. The summed E-state index contributed by atoms with van der Waals surface area (Å²) in [4.78, 5) is 11.0. The summed E-state index contributed by atoms with van der Waals surface area (Å²) in [6, 6.07) is 9.45. The summed E-state index contributed by atoms with van der Waals surface area (Å²) in [5, 5.41) is 24.2. The van der Waals surface area contributed by atoms with Gasteiger partial charge in [-0.2, -0.15) is 0 Å². The Morgan fingerprint density at radius 1 is 0.330 bits per heavy atom. The number of rotatable bonds is 58. The van der Waals surface area contributed by atoms with Crippen LogP contribution in [-0.2, 0) is 10.8 Å². The van der Waals surface area contributed by atoms with Crippen LogP contribution in [0.25, 0.3) is 0 Å². The fourth-order valence-electron chi connectivity index (χ4n) is 17.0. The molecule has 0 heterocycles. The lowest BCUT2D eigenvalue weighted by atomic mass is 9.73. The van der Waals surface area contributed by atoms with Crippen molar-refractivity contribution in [2.75, 3.05) is 105 Å². The summed E-state index contributed by atoms with van der Waals surface area (Å²) in [6.45, 7) is 58.8. The van der Waals surface area contributed by atoms with Gasteiger partial charge < -0.3 is 28.1 Å². The third-order valence-corrected chi connectivity index (χ3v) is 23.8. The lowest BCUT2D eigenvalue weighted by Crippen LogP contribution is -2.51. The van der Waals surface area contributed by atoms with Crippen molar-refractivity contribution in [1.29, 1.82) is 0 Å². The highest BCUT2D eigenvalue weighted by atomic mass is 16.3. The smallest absolute Gasteiger partial charge is 0.127 e. The Morgan fingerprint density at radius 3 is 0.713 bits per heavy atom. The molecule has 8 heteroatoms. The van der Waals surface area contributed by atoms with E-state index in [-0.39, 0.29) is 22.9 Å². The molecule has 1 fully saturated rings. The molecule has 94 heavy (non-hydrogen) atoms. The topological polar surface area (TPSA) is 65.2 Å². The van der Waals surface area contributed by atoms with Crippen LogP contribution in [0, 0.1) is 13.8 Å². The number of phenolic OH excluding ortho intramolecular Hbond substituents is 2. The minimum atomic E-state index is -0.0290. The molecule has 3 rings (SSSR count). The lowest BCUT2D eigenvalue weighted by molar-refractivity contribution is -0.929. The maximum Gasteiger partial charge on any atom is 0.127 e. The molecule has 0 aromatic heterocycles. The molecule has 0 radical (unpaired) electrons. The van der Waals surface area contributed by atoms with Gasteiger partial charge in [0.25, 0.3) is 0 Å². The van der Waals surface area contributed by atoms with E-state index < -0.39 is 0 Å². The van der Waals surface area contributed by atoms with Gasteiger partial charge in [-0.1, -0.05) is 199 Å². The summed E-state index contributed by atoms with van der Waals surface area (Å²) in [5.74, 6) is 0.740. The molecule has 2 N–H and O–H groups in total. The van der Waals surface area contributed by atoms with Gasteiger partial charge in [-0.25, -0.2) is 0 Å². The largest absolute Gasteiger partial charge is 0.507 e. The first-order chi connectivity index (χ1) is 45.3. The van der Waals surface area contributed by atoms with Crippen LogP contribution in [0.1, 0.15) is 361 Å². The average molecular weight is 1310 g/mol. The number of nitrogens with zero attached hydrogens (tertiary/aromatic N) is 6. The molecule has 0 aliphatic heterocycles. The number of aryl methyl sites for hydroxylation is 2. The number of aliphatic imine (C=N–C) groups is 2. The lowest BCUT2D eigenvalue weighted by Gasteiger charge is -2.42. The summed E-state index contributed by atoms with van der Waals surface area (Å²) in [7, 11) is 0. The SMILES string of the molecule is CCCC[N+](CCCC)(CCCC)CCCC(C)(CCC[N+](CCCC)(CCCC)CCCC)c1cc(C)c(O)c(C=N[C@@H]2CCCC[C@H]2N=Cc2cc(C(C)(CCC[N+](CCCC)(CCCC)CCCC)CCC[N+](CCCC)(CCCC)CCCC)cc(C)c2O)c1. The fourth-order valence-corrected chi connectivity index (χ4v) is 17.0. The van der Waals surface area contributed by atoms with Crippen LogP contribution in [0.5, 0.6) is 11.5 Å². The number of phenols is 2. The molecule has 1 aliphatic carbocycles. The van der Waals surface area contributed by atoms with E-state index >= 15 is 0 Å². The van der Waals surface area contributed by atoms with Crippen LogP contribution in [0.2, 0.25) is 0 Å². The Morgan fingerprint density at radius 2 is 0.521 bits per heavy atom. The van der Waals surface area contributed by atoms with Crippen LogP contribution >= 0.6 is 0 Å². The maximum absolute atomic E-state index is 12.1. The second-order valence-electron chi connectivity index (χ2n) is 32.2. The molecular weight excluding hydrogens is 1150 g/mol. The molecular formula is C86H162N6O2+4. The first-order valence-corrected chi connectivity index (χ1v) is 41.5. The van der Waals surface area contributed by atoms with Gasteiger partial charge in [-0.15, -0.1) is 0 Å². The Hall–Kier alpha value is -2.78. The quantitative estimate of drug-likeness (QED) is 0.0512. The van der Waals surface area contributed by atoms with Crippen molar-refractivity contribution in [2.24, 2.45) is 9.98 Å². The van der Waals surface area contributed by atoms with Crippen molar-refractivity contribution >= 4 is 12.4 Å². The highest BCUT2D eigenvalue weighted by Gasteiger charge is 2.37. The van der Waals surface area contributed by atoms with Crippen molar-refractivity contribution in [3.8, 4) is 11.5 Å². The summed E-state index contributed by atoms with van der Waals surface area (Å²) in [5.41, 5.74) is 6.36. The molecule has 544 valence electrons. The molecule has 1 saturated carbocycles. The fraction of sp³-hybridized carbons (Fsp3) is 0.837. The second kappa shape index (κ2) is 47.3. The van der Waals surface area contributed by atoms with Crippen molar-refractivity contribution in [1.82, 2.24) is 0 Å². The van der Waals surface area contributed by atoms with Gasteiger partial charge in [0, 0.05) is 23.6 Å². The minimum Gasteiger partial charge on any atom is -0.507 e. The predicted molar refractivity (Wildman–Crippen MR) is 416 cm³/mol.